The number of ether oxygens (including phenoxy) is 6. The Bertz CT molecular complexity index is 1380. The first kappa shape index (κ1) is 69.3. The molecular weight excluding hydrogens is 957 g/mol. The highest BCUT2D eigenvalue weighted by Gasteiger charge is 2.47. The lowest BCUT2D eigenvalue weighted by molar-refractivity contribution is -0.332. The van der Waals surface area contributed by atoms with Gasteiger partial charge in [0.2, 0.25) is 0 Å². The fraction of sp³-hybridized carbons (Fsp3) is 0.885. The highest BCUT2D eigenvalue weighted by atomic mass is 16.7. The van der Waals surface area contributed by atoms with Gasteiger partial charge in [-0.3, -0.25) is 4.79 Å². The van der Waals surface area contributed by atoms with Gasteiger partial charge in [0.25, 0.3) is 0 Å². The lowest BCUT2D eigenvalue weighted by Gasteiger charge is -2.42. The standard InChI is InChI=1S/C61H112O14/c1-3-5-7-9-11-13-15-17-19-21-23-24-25-27-29-31-33-35-37-39-41-43-45-70-47-50(73-53(63)44-42-40-38-36-34-32-30-28-26-22-20-18-16-14-12-10-8-6-4-2)48-71-60-59(69)57(67)55(65)52(75-60)49-72-61-58(68)56(66)54(64)51(46-62)74-61/h12,14,18,20-21,23,50-52,54-62,64-69H,3-11,13,15-17,19,22,24-49H2,1-2H3/b14-12-,20-18-,23-21-. The maximum Gasteiger partial charge on any atom is 0.306 e. The zero-order valence-electron chi connectivity index (χ0n) is 47.3. The molecule has 0 bridgehead atoms. The molecule has 14 nitrogen and oxygen atoms in total. The van der Waals surface area contributed by atoms with Crippen molar-refractivity contribution in [3.05, 3.63) is 36.5 Å². The van der Waals surface area contributed by atoms with Crippen LogP contribution in [0.1, 0.15) is 245 Å². The maximum absolute atomic E-state index is 13.1. The van der Waals surface area contributed by atoms with E-state index in [0.29, 0.717) is 13.0 Å². The molecule has 2 fully saturated rings. The first-order valence-electron chi connectivity index (χ1n) is 30.6. The van der Waals surface area contributed by atoms with E-state index in [0.717, 1.165) is 51.4 Å². The molecule has 2 rings (SSSR count). The highest BCUT2D eigenvalue weighted by molar-refractivity contribution is 5.69. The third kappa shape index (κ3) is 34.7. The van der Waals surface area contributed by atoms with E-state index in [1.54, 1.807) is 0 Å². The Labute approximate surface area is 455 Å². The van der Waals surface area contributed by atoms with Gasteiger partial charge in [-0.1, -0.05) is 204 Å². The lowest BCUT2D eigenvalue weighted by atomic mass is 9.98. The predicted molar refractivity (Wildman–Crippen MR) is 298 cm³/mol. The number of esters is 1. The minimum atomic E-state index is -1.71. The molecule has 0 spiro atoms. The zero-order valence-corrected chi connectivity index (χ0v) is 47.3. The average Bonchev–Trinajstić information content (AvgIpc) is 3.41. The number of hydrogen-bond acceptors (Lipinski definition) is 14. The summed E-state index contributed by atoms with van der Waals surface area (Å²) in [6.07, 6.45) is 40.6. The molecule has 0 aromatic carbocycles. The Morgan fingerprint density at radius 2 is 0.827 bits per heavy atom. The Kier molecular flexibility index (Phi) is 44.5. The van der Waals surface area contributed by atoms with E-state index in [2.05, 4.69) is 50.3 Å². The van der Waals surface area contributed by atoms with Crippen molar-refractivity contribution < 1.29 is 69.0 Å². The van der Waals surface area contributed by atoms with Gasteiger partial charge in [0.1, 0.15) is 54.9 Å². The number of aliphatic hydroxyl groups is 7. The lowest BCUT2D eigenvalue weighted by Crippen LogP contribution is -2.61. The van der Waals surface area contributed by atoms with Gasteiger partial charge in [0.05, 0.1) is 26.4 Å². The van der Waals surface area contributed by atoms with Crippen LogP contribution in [0.25, 0.3) is 0 Å². The Morgan fingerprint density at radius 3 is 1.32 bits per heavy atom. The second-order valence-electron chi connectivity index (χ2n) is 21.5. The molecule has 14 heteroatoms. The van der Waals surface area contributed by atoms with Crippen LogP contribution in [0.2, 0.25) is 0 Å². The van der Waals surface area contributed by atoms with Gasteiger partial charge in [-0.05, 0) is 70.6 Å². The molecule has 11 unspecified atom stereocenters. The molecule has 0 radical (unpaired) electrons. The monoisotopic (exact) mass is 1070 g/mol. The summed E-state index contributed by atoms with van der Waals surface area (Å²) in [6, 6.07) is 0. The molecule has 0 aliphatic carbocycles. The summed E-state index contributed by atoms with van der Waals surface area (Å²) in [5.41, 5.74) is 0. The number of rotatable bonds is 50. The van der Waals surface area contributed by atoms with Crippen molar-refractivity contribution >= 4 is 5.97 Å². The van der Waals surface area contributed by atoms with E-state index in [-0.39, 0.29) is 25.6 Å². The fourth-order valence-electron chi connectivity index (χ4n) is 9.66. The third-order valence-electron chi connectivity index (χ3n) is 14.6. The minimum absolute atomic E-state index is 0.0608. The molecule has 0 saturated carbocycles. The van der Waals surface area contributed by atoms with E-state index in [1.165, 1.54) is 167 Å². The molecule has 2 heterocycles. The van der Waals surface area contributed by atoms with Crippen LogP contribution in [0.5, 0.6) is 0 Å². The maximum atomic E-state index is 13.1. The van der Waals surface area contributed by atoms with Crippen LogP contribution >= 0.6 is 0 Å². The zero-order chi connectivity index (χ0) is 54.4. The smallest absolute Gasteiger partial charge is 0.306 e. The topological polar surface area (TPSA) is 214 Å². The highest BCUT2D eigenvalue weighted by Crippen LogP contribution is 2.27. The Hall–Kier alpha value is -1.79. The van der Waals surface area contributed by atoms with Gasteiger partial charge in [-0.15, -0.1) is 0 Å². The number of unbranched alkanes of at least 4 members (excludes halogenated alkanes) is 30. The first-order valence-corrected chi connectivity index (χ1v) is 30.6. The summed E-state index contributed by atoms with van der Waals surface area (Å²) >= 11 is 0. The second kappa shape index (κ2) is 48.1. The van der Waals surface area contributed by atoms with E-state index < -0.39 is 80.7 Å². The van der Waals surface area contributed by atoms with Crippen LogP contribution in [-0.2, 0) is 33.2 Å². The predicted octanol–water partition coefficient (Wildman–Crippen LogP) is 11.3. The number of allylic oxidation sites excluding steroid dienone is 6. The summed E-state index contributed by atoms with van der Waals surface area (Å²) in [5.74, 6) is -0.378. The van der Waals surface area contributed by atoms with Gasteiger partial charge < -0.3 is 64.2 Å². The number of carbonyl (C=O) groups excluding carboxylic acids is 1. The molecule has 2 saturated heterocycles. The normalized spacial score (nSPS) is 24.8. The molecule has 440 valence electrons. The van der Waals surface area contributed by atoms with Crippen LogP contribution in [-0.4, -0.2) is 142 Å². The summed E-state index contributed by atoms with van der Waals surface area (Å²) in [6.45, 7) is 3.69. The number of aliphatic hydroxyl groups excluding tert-OH is 7. The molecule has 75 heavy (non-hydrogen) atoms. The Balaban J connectivity index is 1.69. The third-order valence-corrected chi connectivity index (χ3v) is 14.6. The summed E-state index contributed by atoms with van der Waals surface area (Å²) in [5, 5.41) is 72.4. The van der Waals surface area contributed by atoms with Crippen LogP contribution in [0.4, 0.5) is 0 Å². The fourth-order valence-corrected chi connectivity index (χ4v) is 9.66. The van der Waals surface area contributed by atoms with Crippen molar-refractivity contribution in [2.45, 2.75) is 313 Å². The quantitative estimate of drug-likeness (QED) is 0.0172. The van der Waals surface area contributed by atoms with Gasteiger partial charge in [-0.25, -0.2) is 0 Å². The van der Waals surface area contributed by atoms with Crippen molar-refractivity contribution in [1.82, 2.24) is 0 Å². The van der Waals surface area contributed by atoms with Gasteiger partial charge in [0.15, 0.2) is 12.6 Å². The molecule has 2 aliphatic heterocycles. The van der Waals surface area contributed by atoms with E-state index in [1.807, 2.05) is 0 Å². The molecule has 11 atom stereocenters. The Morgan fingerprint density at radius 1 is 0.440 bits per heavy atom. The SMILES string of the molecule is CCCCC/C=C\C/C=C\CCCCCCCCCCCC(=O)OC(COCCCCCCCCCCCC/C=C\CCCCCCCCCC)COC1OC(COC2OC(CO)C(O)C(O)C2O)C(O)C(O)C1O. The van der Waals surface area contributed by atoms with Crippen LogP contribution in [0.3, 0.4) is 0 Å². The van der Waals surface area contributed by atoms with E-state index in [9.17, 15) is 40.5 Å². The van der Waals surface area contributed by atoms with Crippen LogP contribution in [0, 0.1) is 0 Å². The molecule has 2 aliphatic rings. The summed E-state index contributed by atoms with van der Waals surface area (Å²) in [4.78, 5) is 13.1. The average molecular weight is 1070 g/mol. The van der Waals surface area contributed by atoms with Gasteiger partial charge in [0, 0.05) is 13.0 Å². The van der Waals surface area contributed by atoms with Crippen molar-refractivity contribution in [2.24, 2.45) is 0 Å². The second-order valence-corrected chi connectivity index (χ2v) is 21.5. The molecule has 0 aromatic heterocycles. The van der Waals surface area contributed by atoms with Gasteiger partial charge in [-0.2, -0.15) is 0 Å². The van der Waals surface area contributed by atoms with Crippen molar-refractivity contribution in [3.63, 3.8) is 0 Å². The first-order chi connectivity index (χ1) is 36.6. The molecule has 7 N–H and O–H groups in total. The largest absolute Gasteiger partial charge is 0.457 e. The number of carbonyl (C=O) groups is 1. The summed E-state index contributed by atoms with van der Waals surface area (Å²) in [7, 11) is 0. The molecule has 0 amide bonds. The number of hydrogen-bond donors (Lipinski definition) is 7. The molecule has 0 aromatic rings. The summed E-state index contributed by atoms with van der Waals surface area (Å²) < 4.78 is 34.4. The van der Waals surface area contributed by atoms with E-state index >= 15 is 0 Å². The van der Waals surface area contributed by atoms with Crippen LogP contribution in [0.15, 0.2) is 36.5 Å². The van der Waals surface area contributed by atoms with Gasteiger partial charge >= 0.3 is 5.97 Å². The van der Waals surface area contributed by atoms with Crippen molar-refractivity contribution in [3.8, 4) is 0 Å². The molecular formula is C61H112O14. The minimum Gasteiger partial charge on any atom is -0.457 e. The van der Waals surface area contributed by atoms with Crippen molar-refractivity contribution in [1.29, 1.82) is 0 Å². The van der Waals surface area contributed by atoms with Crippen LogP contribution < -0.4 is 0 Å². The van der Waals surface area contributed by atoms with Crippen molar-refractivity contribution in [2.75, 3.05) is 33.0 Å². The van der Waals surface area contributed by atoms with E-state index in [4.69, 9.17) is 28.4 Å².